The molecule has 0 fully saturated rings. The van der Waals surface area contributed by atoms with Gasteiger partial charge in [0.1, 0.15) is 0 Å². The second kappa shape index (κ2) is 4.58. The molecule has 19 heavy (non-hydrogen) atoms. The minimum Gasteiger partial charge on any atom is -0.288 e. The number of hydrogen-bond donors (Lipinski definition) is 0. The number of hydrogen-bond acceptors (Lipinski definition) is 4. The van der Waals surface area contributed by atoms with Crippen LogP contribution in [0.25, 0.3) is 0 Å². The predicted octanol–water partition coefficient (Wildman–Crippen LogP) is 4.81. The number of rotatable bonds is 1. The van der Waals surface area contributed by atoms with Gasteiger partial charge in [-0.1, -0.05) is 6.92 Å². The van der Waals surface area contributed by atoms with E-state index in [2.05, 4.69) is 31.9 Å². The quantitative estimate of drug-likeness (QED) is 0.562. The lowest BCUT2D eigenvalue weighted by atomic mass is 9.89. The number of thiophene rings is 2. The van der Waals surface area contributed by atoms with Crippen LogP contribution in [0.2, 0.25) is 0 Å². The van der Waals surface area contributed by atoms with Crippen LogP contribution in [0.1, 0.15) is 43.6 Å². The van der Waals surface area contributed by atoms with Crippen molar-refractivity contribution in [1.82, 2.24) is 0 Å². The minimum absolute atomic E-state index is 0.220. The maximum absolute atomic E-state index is 13.8. The van der Waals surface area contributed by atoms with Crippen molar-refractivity contribution < 1.29 is 14.0 Å². The molecule has 7 heteroatoms. The van der Waals surface area contributed by atoms with E-state index >= 15 is 0 Å². The van der Waals surface area contributed by atoms with Gasteiger partial charge in [-0.05, 0) is 38.3 Å². The number of ketones is 2. The molecule has 0 saturated heterocycles. The topological polar surface area (TPSA) is 34.1 Å². The van der Waals surface area contributed by atoms with Crippen LogP contribution in [0, 0.1) is 5.13 Å². The molecule has 0 spiro atoms. The van der Waals surface area contributed by atoms with E-state index in [9.17, 15) is 14.0 Å². The molecule has 0 aromatic carbocycles. The van der Waals surface area contributed by atoms with Crippen LogP contribution in [0.4, 0.5) is 4.39 Å². The summed E-state index contributed by atoms with van der Waals surface area (Å²) in [5.74, 6) is -0.544. The lowest BCUT2D eigenvalue weighted by Gasteiger charge is -2.12. The average Bonchev–Trinajstić information content (AvgIpc) is 2.84. The maximum atomic E-state index is 13.8. The molecule has 0 amide bonds. The highest BCUT2D eigenvalue weighted by atomic mass is 79.9. The van der Waals surface area contributed by atoms with Gasteiger partial charge in [0.25, 0.3) is 0 Å². The van der Waals surface area contributed by atoms with Crippen molar-refractivity contribution in [1.29, 1.82) is 0 Å². The summed E-state index contributed by atoms with van der Waals surface area (Å²) in [6, 6.07) is 0. The highest BCUT2D eigenvalue weighted by Gasteiger charge is 2.39. The van der Waals surface area contributed by atoms with Gasteiger partial charge in [0.2, 0.25) is 5.78 Å². The number of halogens is 3. The minimum atomic E-state index is -0.435. The van der Waals surface area contributed by atoms with E-state index in [4.69, 9.17) is 0 Å². The molecule has 98 valence electrons. The molecule has 1 aliphatic carbocycles. The first-order chi connectivity index (χ1) is 8.97. The first-order valence-electron chi connectivity index (χ1n) is 5.35. The molecule has 2 nitrogen and oxygen atoms in total. The van der Waals surface area contributed by atoms with Gasteiger partial charge >= 0.3 is 0 Å². The summed E-state index contributed by atoms with van der Waals surface area (Å²) >= 11 is 8.65. The van der Waals surface area contributed by atoms with E-state index in [1.165, 1.54) is 11.3 Å². The Morgan fingerprint density at radius 2 is 1.58 bits per heavy atom. The summed E-state index contributed by atoms with van der Waals surface area (Å²) in [6.45, 7) is 1.78. The Morgan fingerprint density at radius 1 is 1.00 bits per heavy atom. The Morgan fingerprint density at radius 3 is 2.16 bits per heavy atom. The zero-order chi connectivity index (χ0) is 13.9. The van der Waals surface area contributed by atoms with Crippen LogP contribution >= 0.6 is 54.5 Å². The molecular weight excluding hydrogens is 419 g/mol. The molecule has 0 N–H and O–H groups in total. The molecule has 1 aliphatic rings. The van der Waals surface area contributed by atoms with Crippen molar-refractivity contribution >= 4 is 66.1 Å². The van der Waals surface area contributed by atoms with Gasteiger partial charge in [0, 0.05) is 5.56 Å². The van der Waals surface area contributed by atoms with E-state index in [0.717, 1.165) is 11.3 Å². The highest BCUT2D eigenvalue weighted by Crippen LogP contribution is 2.45. The molecule has 0 aliphatic heterocycles. The molecule has 2 aromatic rings. The molecule has 2 aromatic heterocycles. The van der Waals surface area contributed by atoms with Gasteiger partial charge in [0.15, 0.2) is 10.9 Å². The third-order valence-corrected chi connectivity index (χ3v) is 6.57. The molecule has 2 heterocycles. The summed E-state index contributed by atoms with van der Waals surface area (Å²) in [5, 5.41) is -0.435. The average molecular weight is 424 g/mol. The smallest absolute Gasteiger partial charge is 0.206 e. The van der Waals surface area contributed by atoms with Crippen LogP contribution in [0.3, 0.4) is 0 Å². The molecule has 0 saturated carbocycles. The predicted molar refractivity (Wildman–Crippen MR) is 80.2 cm³/mol. The Kier molecular flexibility index (Phi) is 3.28. The van der Waals surface area contributed by atoms with Crippen LogP contribution < -0.4 is 0 Å². The highest BCUT2D eigenvalue weighted by molar-refractivity contribution is 9.12. The Labute approximate surface area is 132 Å². The van der Waals surface area contributed by atoms with Crippen molar-refractivity contribution in [3.8, 4) is 0 Å². The summed E-state index contributed by atoms with van der Waals surface area (Å²) in [6.07, 6.45) is 0.398. The number of fused-ring (bicyclic) bond motifs is 2. The SMILES string of the molecule is CCc1c(F)sc2c1C(=O)c1c(Br)sc(Br)c1C2=O. The summed E-state index contributed by atoms with van der Waals surface area (Å²) in [5.41, 5.74) is 1.28. The molecule has 0 unspecified atom stereocenters. The van der Waals surface area contributed by atoms with Gasteiger partial charge in [-0.15, -0.1) is 22.7 Å². The van der Waals surface area contributed by atoms with E-state index in [1.54, 1.807) is 6.92 Å². The third-order valence-electron chi connectivity index (χ3n) is 3.02. The standard InChI is InChI=1S/C12H5Br2FO2S2/c1-2-3-4-7(16)5-6(11(14)19-10(5)13)8(17)9(4)18-12(3)15/h2H2,1H3. The molecule has 3 rings (SSSR count). The summed E-state index contributed by atoms with van der Waals surface area (Å²) in [7, 11) is 0. The Hall–Kier alpha value is -0.370. The molecule has 0 radical (unpaired) electrons. The zero-order valence-corrected chi connectivity index (χ0v) is 14.3. The fraction of sp³-hybridized carbons (Fsp3) is 0.167. The number of carbonyl (C=O) groups is 2. The van der Waals surface area contributed by atoms with Crippen molar-refractivity contribution in [2.45, 2.75) is 13.3 Å². The van der Waals surface area contributed by atoms with Crippen molar-refractivity contribution in [3.63, 3.8) is 0 Å². The van der Waals surface area contributed by atoms with Gasteiger partial charge in [-0.3, -0.25) is 9.59 Å². The van der Waals surface area contributed by atoms with Gasteiger partial charge in [-0.25, -0.2) is 0 Å². The Bertz CT molecular complexity index is 745. The van der Waals surface area contributed by atoms with E-state index < -0.39 is 5.13 Å². The van der Waals surface area contributed by atoms with Gasteiger partial charge in [0.05, 0.1) is 29.1 Å². The Balaban J connectivity index is 2.37. The van der Waals surface area contributed by atoms with Crippen molar-refractivity contribution in [3.05, 3.63) is 39.8 Å². The summed E-state index contributed by atoms with van der Waals surface area (Å²) < 4.78 is 15.0. The summed E-state index contributed by atoms with van der Waals surface area (Å²) in [4.78, 5) is 25.2. The second-order valence-electron chi connectivity index (χ2n) is 3.97. The first-order valence-corrected chi connectivity index (χ1v) is 8.57. The maximum Gasteiger partial charge on any atom is 0.206 e. The molecular formula is C12H5Br2FO2S2. The largest absolute Gasteiger partial charge is 0.288 e. The van der Waals surface area contributed by atoms with Crippen molar-refractivity contribution in [2.75, 3.05) is 0 Å². The van der Waals surface area contributed by atoms with Crippen LogP contribution in [-0.4, -0.2) is 11.6 Å². The van der Waals surface area contributed by atoms with E-state index in [1.807, 2.05) is 0 Å². The number of carbonyl (C=O) groups excluding carboxylic acids is 2. The van der Waals surface area contributed by atoms with Gasteiger partial charge < -0.3 is 0 Å². The van der Waals surface area contributed by atoms with Crippen LogP contribution in [-0.2, 0) is 6.42 Å². The fourth-order valence-corrected chi connectivity index (χ4v) is 6.37. The van der Waals surface area contributed by atoms with Crippen molar-refractivity contribution in [2.24, 2.45) is 0 Å². The normalized spacial score (nSPS) is 13.7. The van der Waals surface area contributed by atoms with Gasteiger partial charge in [-0.2, -0.15) is 4.39 Å². The molecule has 0 atom stereocenters. The first kappa shape index (κ1) is 13.6. The second-order valence-corrected chi connectivity index (χ2v) is 8.60. The van der Waals surface area contributed by atoms with Crippen LogP contribution in [0.15, 0.2) is 7.57 Å². The fourth-order valence-electron chi connectivity index (χ4n) is 2.17. The third kappa shape index (κ3) is 1.75. The zero-order valence-electron chi connectivity index (χ0n) is 9.47. The monoisotopic (exact) mass is 422 g/mol. The lowest BCUT2D eigenvalue weighted by Crippen LogP contribution is -2.19. The van der Waals surface area contributed by atoms with E-state index in [0.29, 0.717) is 30.7 Å². The molecule has 0 bridgehead atoms. The lowest BCUT2D eigenvalue weighted by molar-refractivity contribution is 0.0981. The van der Waals surface area contributed by atoms with Crippen LogP contribution in [0.5, 0.6) is 0 Å². The van der Waals surface area contributed by atoms with E-state index in [-0.39, 0.29) is 22.0 Å².